The average Bonchev–Trinajstić information content (AvgIpc) is 2.55. The smallest absolute Gasteiger partial charge is 0.191 e. The molecular formula is C18H31IN4. The number of likely N-dealkylation sites (tertiary alicyclic amines) is 1. The maximum absolute atomic E-state index is 4.70. The molecule has 1 aliphatic rings. The molecule has 130 valence electrons. The fraction of sp³-hybridized carbons (Fsp3) is 0.611. The SMILES string of the molecule is CCNC(=NCc1ccccc1C)NCCN1CCCCC1.I. The van der Waals surface area contributed by atoms with Crippen molar-refractivity contribution in [1.82, 2.24) is 15.5 Å². The minimum atomic E-state index is 0. The quantitative estimate of drug-likeness (QED) is 0.414. The van der Waals surface area contributed by atoms with Crippen LogP contribution in [-0.2, 0) is 6.54 Å². The van der Waals surface area contributed by atoms with Crippen LogP contribution in [-0.4, -0.2) is 43.6 Å². The van der Waals surface area contributed by atoms with E-state index in [1.165, 1.54) is 43.5 Å². The van der Waals surface area contributed by atoms with Crippen LogP contribution >= 0.6 is 24.0 Å². The topological polar surface area (TPSA) is 39.7 Å². The molecule has 0 amide bonds. The molecule has 0 bridgehead atoms. The van der Waals surface area contributed by atoms with Crippen molar-refractivity contribution in [3.05, 3.63) is 35.4 Å². The predicted octanol–water partition coefficient (Wildman–Crippen LogP) is 3.15. The van der Waals surface area contributed by atoms with Gasteiger partial charge in [-0.25, -0.2) is 4.99 Å². The summed E-state index contributed by atoms with van der Waals surface area (Å²) in [4.78, 5) is 7.25. The van der Waals surface area contributed by atoms with Gasteiger partial charge in [-0.05, 0) is 50.9 Å². The summed E-state index contributed by atoms with van der Waals surface area (Å²) in [5.41, 5.74) is 2.59. The van der Waals surface area contributed by atoms with Crippen molar-refractivity contribution in [1.29, 1.82) is 0 Å². The number of halogens is 1. The van der Waals surface area contributed by atoms with E-state index in [0.29, 0.717) is 0 Å². The first-order valence-corrected chi connectivity index (χ1v) is 8.58. The van der Waals surface area contributed by atoms with Crippen LogP contribution < -0.4 is 10.6 Å². The van der Waals surface area contributed by atoms with Crippen molar-refractivity contribution in [3.63, 3.8) is 0 Å². The number of nitrogens with zero attached hydrogens (tertiary/aromatic N) is 2. The van der Waals surface area contributed by atoms with Crippen LogP contribution in [0.3, 0.4) is 0 Å². The Kier molecular flexibility index (Phi) is 10.3. The molecule has 5 heteroatoms. The van der Waals surface area contributed by atoms with Crippen LogP contribution in [0.25, 0.3) is 0 Å². The van der Waals surface area contributed by atoms with Crippen LogP contribution in [0.1, 0.15) is 37.3 Å². The van der Waals surface area contributed by atoms with Gasteiger partial charge < -0.3 is 15.5 Å². The Bertz CT molecular complexity index is 470. The monoisotopic (exact) mass is 430 g/mol. The number of aryl methyl sites for hydroxylation is 1. The van der Waals surface area contributed by atoms with Crippen LogP contribution in [0.2, 0.25) is 0 Å². The number of hydrogen-bond donors (Lipinski definition) is 2. The lowest BCUT2D eigenvalue weighted by molar-refractivity contribution is 0.232. The summed E-state index contributed by atoms with van der Waals surface area (Å²) in [6.45, 7) is 10.4. The Balaban J connectivity index is 0.00000264. The van der Waals surface area contributed by atoms with Gasteiger partial charge in [0.15, 0.2) is 5.96 Å². The van der Waals surface area contributed by atoms with Gasteiger partial charge in [0.05, 0.1) is 6.54 Å². The molecule has 0 aromatic heterocycles. The number of benzene rings is 1. The number of rotatable bonds is 6. The lowest BCUT2D eigenvalue weighted by Crippen LogP contribution is -2.42. The van der Waals surface area contributed by atoms with Crippen molar-refractivity contribution in [2.75, 3.05) is 32.7 Å². The molecular weight excluding hydrogens is 399 g/mol. The highest BCUT2D eigenvalue weighted by Crippen LogP contribution is 2.08. The Morgan fingerprint density at radius 1 is 1.13 bits per heavy atom. The summed E-state index contributed by atoms with van der Waals surface area (Å²) in [6, 6.07) is 8.44. The summed E-state index contributed by atoms with van der Waals surface area (Å²) in [6.07, 6.45) is 4.09. The van der Waals surface area contributed by atoms with E-state index in [-0.39, 0.29) is 24.0 Å². The maximum atomic E-state index is 4.70. The molecule has 0 aliphatic carbocycles. The van der Waals surface area contributed by atoms with Crippen molar-refractivity contribution < 1.29 is 0 Å². The Hall–Kier alpha value is -0.820. The number of guanidine groups is 1. The molecule has 1 fully saturated rings. The molecule has 0 unspecified atom stereocenters. The molecule has 23 heavy (non-hydrogen) atoms. The molecule has 1 saturated heterocycles. The second kappa shape index (κ2) is 11.7. The fourth-order valence-electron chi connectivity index (χ4n) is 2.81. The van der Waals surface area contributed by atoms with E-state index < -0.39 is 0 Å². The summed E-state index contributed by atoms with van der Waals surface area (Å²) in [7, 11) is 0. The Morgan fingerprint density at radius 3 is 2.57 bits per heavy atom. The first-order valence-electron chi connectivity index (χ1n) is 8.58. The highest BCUT2D eigenvalue weighted by Gasteiger charge is 2.09. The van der Waals surface area contributed by atoms with Gasteiger partial charge in [-0.1, -0.05) is 30.7 Å². The van der Waals surface area contributed by atoms with Gasteiger partial charge in [-0.15, -0.1) is 24.0 Å². The van der Waals surface area contributed by atoms with E-state index in [9.17, 15) is 0 Å². The molecule has 0 radical (unpaired) electrons. The molecule has 0 atom stereocenters. The van der Waals surface area contributed by atoms with Gasteiger partial charge >= 0.3 is 0 Å². The molecule has 2 rings (SSSR count). The molecule has 1 heterocycles. The van der Waals surface area contributed by atoms with Crippen molar-refractivity contribution in [3.8, 4) is 0 Å². The lowest BCUT2D eigenvalue weighted by atomic mass is 10.1. The summed E-state index contributed by atoms with van der Waals surface area (Å²) >= 11 is 0. The third kappa shape index (κ3) is 7.52. The van der Waals surface area contributed by atoms with Crippen molar-refractivity contribution in [2.24, 2.45) is 4.99 Å². The van der Waals surface area contributed by atoms with Gasteiger partial charge in [0.2, 0.25) is 0 Å². The molecule has 4 nitrogen and oxygen atoms in total. The highest BCUT2D eigenvalue weighted by molar-refractivity contribution is 14.0. The predicted molar refractivity (Wildman–Crippen MR) is 110 cm³/mol. The first kappa shape index (κ1) is 20.2. The zero-order valence-electron chi connectivity index (χ0n) is 14.5. The largest absolute Gasteiger partial charge is 0.357 e. The molecule has 0 saturated carbocycles. The van der Waals surface area contributed by atoms with Crippen LogP contribution in [0.4, 0.5) is 0 Å². The first-order chi connectivity index (χ1) is 10.8. The third-order valence-electron chi connectivity index (χ3n) is 4.18. The Labute approximate surface area is 158 Å². The van der Waals surface area contributed by atoms with Gasteiger partial charge in [0, 0.05) is 19.6 Å². The van der Waals surface area contributed by atoms with Gasteiger partial charge in [-0.2, -0.15) is 0 Å². The minimum absolute atomic E-state index is 0. The van der Waals surface area contributed by atoms with E-state index in [1.807, 2.05) is 0 Å². The minimum Gasteiger partial charge on any atom is -0.357 e. The van der Waals surface area contributed by atoms with E-state index in [2.05, 4.69) is 53.6 Å². The van der Waals surface area contributed by atoms with Crippen molar-refractivity contribution in [2.45, 2.75) is 39.7 Å². The number of aliphatic imine (C=N–C) groups is 1. The summed E-state index contributed by atoms with van der Waals surface area (Å²) < 4.78 is 0. The van der Waals surface area contributed by atoms with Crippen LogP contribution in [0, 0.1) is 6.92 Å². The second-order valence-electron chi connectivity index (χ2n) is 5.95. The van der Waals surface area contributed by atoms with E-state index >= 15 is 0 Å². The molecule has 0 spiro atoms. The van der Waals surface area contributed by atoms with Gasteiger partial charge in [0.1, 0.15) is 0 Å². The lowest BCUT2D eigenvalue weighted by Gasteiger charge is -2.26. The number of hydrogen-bond acceptors (Lipinski definition) is 2. The molecule has 1 aliphatic heterocycles. The zero-order chi connectivity index (χ0) is 15.6. The van der Waals surface area contributed by atoms with Crippen LogP contribution in [0.15, 0.2) is 29.3 Å². The second-order valence-corrected chi connectivity index (χ2v) is 5.95. The fourth-order valence-corrected chi connectivity index (χ4v) is 2.81. The zero-order valence-corrected chi connectivity index (χ0v) is 16.8. The molecule has 1 aromatic rings. The standard InChI is InChI=1S/C18H30N4.HI/c1-3-19-18(20-11-14-22-12-7-4-8-13-22)21-15-17-10-6-5-9-16(17)2;/h5-6,9-10H,3-4,7-8,11-15H2,1-2H3,(H2,19,20,21);1H. The summed E-state index contributed by atoms with van der Waals surface area (Å²) in [5.74, 6) is 0.919. The number of nitrogens with one attached hydrogen (secondary N) is 2. The normalized spacial score (nSPS) is 15.8. The third-order valence-corrected chi connectivity index (χ3v) is 4.18. The highest BCUT2D eigenvalue weighted by atomic mass is 127. The van der Waals surface area contributed by atoms with Gasteiger partial charge in [0.25, 0.3) is 0 Å². The average molecular weight is 430 g/mol. The summed E-state index contributed by atoms with van der Waals surface area (Å²) in [5, 5.41) is 6.79. The van der Waals surface area contributed by atoms with E-state index in [4.69, 9.17) is 4.99 Å². The van der Waals surface area contributed by atoms with E-state index in [0.717, 1.165) is 32.1 Å². The van der Waals surface area contributed by atoms with Crippen LogP contribution in [0.5, 0.6) is 0 Å². The van der Waals surface area contributed by atoms with Crippen molar-refractivity contribution >= 4 is 29.9 Å². The van der Waals surface area contributed by atoms with Gasteiger partial charge in [-0.3, -0.25) is 0 Å². The Morgan fingerprint density at radius 2 is 1.87 bits per heavy atom. The number of piperidine rings is 1. The molecule has 1 aromatic carbocycles. The maximum Gasteiger partial charge on any atom is 0.191 e. The van der Waals surface area contributed by atoms with E-state index in [1.54, 1.807) is 0 Å². The molecule has 2 N–H and O–H groups in total.